The van der Waals surface area contributed by atoms with E-state index in [-0.39, 0.29) is 30.8 Å². The maximum Gasteiger partial charge on any atom is 0.255 e. The van der Waals surface area contributed by atoms with Gasteiger partial charge in [-0.2, -0.15) is 0 Å². The average molecular weight is 430 g/mol. The van der Waals surface area contributed by atoms with E-state index in [1.54, 1.807) is 66.6 Å². The Hall–Kier alpha value is -4.33. The average Bonchev–Trinajstić information content (AvgIpc) is 2.80. The van der Waals surface area contributed by atoms with Crippen molar-refractivity contribution < 1.29 is 19.1 Å². The zero-order chi connectivity index (χ0) is 22.5. The minimum Gasteiger partial charge on any atom is -0.497 e. The number of hydrogen-bond acceptors (Lipinski definition) is 5. The molecule has 1 aliphatic rings. The first-order valence-corrected chi connectivity index (χ1v) is 10.0. The van der Waals surface area contributed by atoms with E-state index < -0.39 is 0 Å². The minimum atomic E-state index is -0.260. The lowest BCUT2D eigenvalue weighted by atomic mass is 10.1. The highest BCUT2D eigenvalue weighted by atomic mass is 16.5. The number of nitrogens with one attached hydrogen (secondary N) is 3. The molecule has 8 heteroatoms. The molecule has 1 aliphatic heterocycles. The summed E-state index contributed by atoms with van der Waals surface area (Å²) in [6, 6.07) is 21.0. The standard InChI is InChI=1S/C24H22N4O4/c1-32-19-12-10-18(11-13-19)26-24(31)16-6-8-17(9-7-16)25-22(29)14-28-15-23(30)27-20-4-2-3-5-21(20)28/h2-13H,14-15H2,1H3,(H,25,29)(H,26,31)(H,27,30). The van der Waals surface area contributed by atoms with Crippen LogP contribution in [0, 0.1) is 0 Å². The molecule has 32 heavy (non-hydrogen) atoms. The van der Waals surface area contributed by atoms with Crippen LogP contribution in [0.2, 0.25) is 0 Å². The van der Waals surface area contributed by atoms with E-state index in [0.717, 1.165) is 5.69 Å². The van der Waals surface area contributed by atoms with Crippen molar-refractivity contribution in [3.63, 3.8) is 0 Å². The molecular weight excluding hydrogens is 408 g/mol. The monoisotopic (exact) mass is 430 g/mol. The summed E-state index contributed by atoms with van der Waals surface area (Å²) >= 11 is 0. The second kappa shape index (κ2) is 9.22. The lowest BCUT2D eigenvalue weighted by Crippen LogP contribution is -2.42. The Morgan fingerprint density at radius 1 is 0.938 bits per heavy atom. The van der Waals surface area contributed by atoms with Crippen molar-refractivity contribution in [1.29, 1.82) is 0 Å². The largest absolute Gasteiger partial charge is 0.497 e. The van der Waals surface area contributed by atoms with E-state index >= 15 is 0 Å². The van der Waals surface area contributed by atoms with Gasteiger partial charge in [-0.1, -0.05) is 12.1 Å². The van der Waals surface area contributed by atoms with Crippen molar-refractivity contribution in [2.75, 3.05) is 41.0 Å². The summed E-state index contributed by atoms with van der Waals surface area (Å²) in [4.78, 5) is 38.6. The summed E-state index contributed by atoms with van der Waals surface area (Å²) in [5.74, 6) is 0.0226. The van der Waals surface area contributed by atoms with E-state index in [1.165, 1.54) is 0 Å². The topological polar surface area (TPSA) is 99.8 Å². The fraction of sp³-hybridized carbons (Fsp3) is 0.125. The number of nitrogens with zero attached hydrogens (tertiary/aromatic N) is 1. The Morgan fingerprint density at radius 2 is 1.59 bits per heavy atom. The molecule has 0 radical (unpaired) electrons. The van der Waals surface area contributed by atoms with Crippen LogP contribution in [-0.2, 0) is 9.59 Å². The summed E-state index contributed by atoms with van der Waals surface area (Å²) < 4.78 is 5.10. The molecule has 3 amide bonds. The molecule has 0 aromatic heterocycles. The second-order valence-electron chi connectivity index (χ2n) is 7.23. The van der Waals surface area contributed by atoms with Crippen molar-refractivity contribution in [2.45, 2.75) is 0 Å². The molecular formula is C24H22N4O4. The lowest BCUT2D eigenvalue weighted by molar-refractivity contribution is -0.115. The number of anilines is 4. The molecule has 1 heterocycles. The van der Waals surface area contributed by atoms with Gasteiger partial charge in [0.2, 0.25) is 11.8 Å². The first-order valence-electron chi connectivity index (χ1n) is 10.0. The second-order valence-corrected chi connectivity index (χ2v) is 7.23. The van der Waals surface area contributed by atoms with Gasteiger partial charge in [0, 0.05) is 16.9 Å². The van der Waals surface area contributed by atoms with Gasteiger partial charge in [-0.15, -0.1) is 0 Å². The fourth-order valence-corrected chi connectivity index (χ4v) is 3.40. The predicted molar refractivity (Wildman–Crippen MR) is 123 cm³/mol. The van der Waals surface area contributed by atoms with Crippen molar-refractivity contribution in [3.8, 4) is 5.75 Å². The Bertz CT molecular complexity index is 1140. The van der Waals surface area contributed by atoms with Gasteiger partial charge in [0.05, 0.1) is 31.6 Å². The number of methoxy groups -OCH3 is 1. The number of carbonyl (C=O) groups is 3. The number of fused-ring (bicyclic) bond motifs is 1. The first-order chi connectivity index (χ1) is 15.5. The Kier molecular flexibility index (Phi) is 6.03. The molecule has 4 rings (SSSR count). The molecule has 0 spiro atoms. The number of para-hydroxylation sites is 2. The molecule has 0 aliphatic carbocycles. The van der Waals surface area contributed by atoms with Crippen LogP contribution in [-0.4, -0.2) is 37.9 Å². The van der Waals surface area contributed by atoms with E-state index in [2.05, 4.69) is 16.0 Å². The third-order valence-corrected chi connectivity index (χ3v) is 4.97. The molecule has 3 aromatic carbocycles. The highest BCUT2D eigenvalue weighted by Gasteiger charge is 2.23. The van der Waals surface area contributed by atoms with Gasteiger partial charge in [0.15, 0.2) is 0 Å². The van der Waals surface area contributed by atoms with Crippen LogP contribution in [0.3, 0.4) is 0 Å². The summed E-state index contributed by atoms with van der Waals surface area (Å²) in [6.07, 6.45) is 0. The third-order valence-electron chi connectivity index (χ3n) is 4.97. The van der Waals surface area contributed by atoms with E-state index in [9.17, 15) is 14.4 Å². The Balaban J connectivity index is 1.35. The number of carbonyl (C=O) groups excluding carboxylic acids is 3. The maximum atomic E-state index is 12.5. The molecule has 0 bridgehead atoms. The van der Waals surface area contributed by atoms with Crippen LogP contribution < -0.4 is 25.6 Å². The highest BCUT2D eigenvalue weighted by Crippen LogP contribution is 2.28. The van der Waals surface area contributed by atoms with Crippen LogP contribution in [0.25, 0.3) is 0 Å². The smallest absolute Gasteiger partial charge is 0.255 e. The van der Waals surface area contributed by atoms with Crippen LogP contribution in [0.4, 0.5) is 22.7 Å². The van der Waals surface area contributed by atoms with Crippen LogP contribution in [0.1, 0.15) is 10.4 Å². The quantitative estimate of drug-likeness (QED) is 0.557. The minimum absolute atomic E-state index is 0.0319. The van der Waals surface area contributed by atoms with Gasteiger partial charge in [-0.05, 0) is 60.7 Å². The van der Waals surface area contributed by atoms with Crippen molar-refractivity contribution >= 4 is 40.5 Å². The molecule has 0 unspecified atom stereocenters. The van der Waals surface area contributed by atoms with E-state index in [0.29, 0.717) is 28.4 Å². The van der Waals surface area contributed by atoms with Gasteiger partial charge in [0.25, 0.3) is 5.91 Å². The predicted octanol–water partition coefficient (Wildman–Crippen LogP) is 3.34. The van der Waals surface area contributed by atoms with Gasteiger partial charge in [-0.3, -0.25) is 14.4 Å². The SMILES string of the molecule is COc1ccc(NC(=O)c2ccc(NC(=O)CN3CC(=O)Nc4ccccc43)cc2)cc1. The van der Waals surface area contributed by atoms with Crippen molar-refractivity contribution in [2.24, 2.45) is 0 Å². The van der Waals surface area contributed by atoms with Crippen molar-refractivity contribution in [3.05, 3.63) is 78.4 Å². The summed E-state index contributed by atoms with van der Waals surface area (Å²) in [6.45, 7) is 0.138. The zero-order valence-corrected chi connectivity index (χ0v) is 17.4. The Morgan fingerprint density at radius 3 is 2.31 bits per heavy atom. The van der Waals surface area contributed by atoms with Gasteiger partial charge < -0.3 is 25.6 Å². The normalized spacial score (nSPS) is 12.4. The van der Waals surface area contributed by atoms with E-state index in [4.69, 9.17) is 4.74 Å². The summed E-state index contributed by atoms with van der Waals surface area (Å²) in [7, 11) is 1.58. The van der Waals surface area contributed by atoms with Crippen molar-refractivity contribution in [1.82, 2.24) is 0 Å². The first kappa shape index (κ1) is 20.9. The number of amides is 3. The van der Waals surface area contributed by atoms with Gasteiger partial charge >= 0.3 is 0 Å². The summed E-state index contributed by atoms with van der Waals surface area (Å²) in [5, 5.41) is 8.41. The number of rotatable bonds is 6. The number of hydrogen-bond donors (Lipinski definition) is 3. The van der Waals surface area contributed by atoms with E-state index in [1.807, 2.05) is 18.2 Å². The van der Waals surface area contributed by atoms with Crippen LogP contribution in [0.15, 0.2) is 72.8 Å². The molecule has 0 fully saturated rings. The molecule has 3 N–H and O–H groups in total. The zero-order valence-electron chi connectivity index (χ0n) is 17.4. The molecule has 162 valence electrons. The number of ether oxygens (including phenoxy) is 1. The van der Waals surface area contributed by atoms with Gasteiger partial charge in [-0.25, -0.2) is 0 Å². The van der Waals surface area contributed by atoms with Crippen LogP contribution in [0.5, 0.6) is 5.75 Å². The molecule has 0 saturated heterocycles. The highest BCUT2D eigenvalue weighted by molar-refractivity contribution is 6.05. The third kappa shape index (κ3) is 4.86. The van der Waals surface area contributed by atoms with Crippen LogP contribution >= 0.6 is 0 Å². The molecule has 0 saturated carbocycles. The van der Waals surface area contributed by atoms with Gasteiger partial charge in [0.1, 0.15) is 5.75 Å². The lowest BCUT2D eigenvalue weighted by Gasteiger charge is -2.30. The fourth-order valence-electron chi connectivity index (χ4n) is 3.40. The Labute approximate surface area is 185 Å². The number of benzene rings is 3. The molecule has 3 aromatic rings. The maximum absolute atomic E-state index is 12.5. The molecule has 8 nitrogen and oxygen atoms in total. The summed E-state index contributed by atoms with van der Waals surface area (Å²) in [5.41, 5.74) is 3.15. The molecule has 0 atom stereocenters.